The van der Waals surface area contributed by atoms with Gasteiger partial charge in [-0.1, -0.05) is 30.0 Å². The molecule has 7 nitrogen and oxygen atoms in total. The predicted molar refractivity (Wildman–Crippen MR) is 120 cm³/mol. The van der Waals surface area contributed by atoms with Crippen LogP contribution in [-0.4, -0.2) is 38.5 Å². The van der Waals surface area contributed by atoms with E-state index in [4.69, 9.17) is 4.74 Å². The number of methoxy groups -OCH3 is 1. The van der Waals surface area contributed by atoms with Crippen molar-refractivity contribution in [2.24, 2.45) is 0 Å². The summed E-state index contributed by atoms with van der Waals surface area (Å²) in [5.74, 6) is 1.53. The molecule has 0 bridgehead atoms. The van der Waals surface area contributed by atoms with Gasteiger partial charge in [0.15, 0.2) is 16.1 Å². The topological polar surface area (TPSA) is 81.9 Å². The second-order valence-corrected chi connectivity index (χ2v) is 8.14. The molecular weight excluding hydrogens is 418 g/mol. The summed E-state index contributed by atoms with van der Waals surface area (Å²) < 4.78 is 7.20. The van der Waals surface area contributed by atoms with Crippen molar-refractivity contribution in [2.75, 3.05) is 18.2 Å². The van der Waals surface area contributed by atoms with Crippen LogP contribution in [0.1, 0.15) is 5.69 Å². The van der Waals surface area contributed by atoms with Crippen molar-refractivity contribution in [1.82, 2.24) is 19.7 Å². The maximum atomic E-state index is 12.4. The number of anilines is 1. The summed E-state index contributed by atoms with van der Waals surface area (Å²) in [5.41, 5.74) is 2.71. The Morgan fingerprint density at radius 3 is 2.57 bits per heavy atom. The van der Waals surface area contributed by atoms with Gasteiger partial charge in [-0.05, 0) is 43.3 Å². The smallest absolute Gasteiger partial charge is 0.236 e. The van der Waals surface area contributed by atoms with Crippen molar-refractivity contribution in [3.05, 3.63) is 65.7 Å². The highest BCUT2D eigenvalue weighted by atomic mass is 32.2. The van der Waals surface area contributed by atoms with E-state index in [1.807, 2.05) is 71.5 Å². The van der Waals surface area contributed by atoms with E-state index in [0.29, 0.717) is 16.1 Å². The molecule has 4 rings (SSSR count). The van der Waals surface area contributed by atoms with E-state index in [0.717, 1.165) is 22.7 Å². The Morgan fingerprint density at radius 2 is 1.90 bits per heavy atom. The van der Waals surface area contributed by atoms with Crippen molar-refractivity contribution < 1.29 is 9.53 Å². The number of benzene rings is 2. The van der Waals surface area contributed by atoms with Gasteiger partial charge in [0.1, 0.15) is 5.75 Å². The number of aryl methyl sites for hydroxylation is 1. The van der Waals surface area contributed by atoms with Gasteiger partial charge in [-0.3, -0.25) is 9.36 Å². The minimum absolute atomic E-state index is 0.136. The number of hydrogen-bond acceptors (Lipinski definition) is 7. The summed E-state index contributed by atoms with van der Waals surface area (Å²) in [7, 11) is 1.63. The first kappa shape index (κ1) is 20.1. The van der Waals surface area contributed by atoms with Crippen LogP contribution in [-0.2, 0) is 4.79 Å². The fourth-order valence-corrected chi connectivity index (χ4v) is 4.25. The number of nitrogens with zero attached hydrogens (tertiary/aromatic N) is 4. The minimum Gasteiger partial charge on any atom is -0.497 e. The van der Waals surface area contributed by atoms with E-state index < -0.39 is 0 Å². The molecule has 0 radical (unpaired) electrons. The lowest BCUT2D eigenvalue weighted by Gasteiger charge is -2.10. The summed E-state index contributed by atoms with van der Waals surface area (Å²) in [6.45, 7) is 1.89. The number of thioether (sulfide) groups is 1. The van der Waals surface area contributed by atoms with Crippen molar-refractivity contribution in [3.8, 4) is 22.8 Å². The maximum absolute atomic E-state index is 12.4. The van der Waals surface area contributed by atoms with Gasteiger partial charge < -0.3 is 10.1 Å². The number of nitrogens with one attached hydrogen (secondary N) is 1. The molecule has 0 aliphatic carbocycles. The lowest BCUT2D eigenvalue weighted by atomic mass is 10.2. The molecule has 0 aliphatic rings. The van der Waals surface area contributed by atoms with E-state index in [-0.39, 0.29) is 11.7 Å². The van der Waals surface area contributed by atoms with Gasteiger partial charge in [-0.2, -0.15) is 0 Å². The van der Waals surface area contributed by atoms with E-state index in [2.05, 4.69) is 20.5 Å². The first-order valence-corrected chi connectivity index (χ1v) is 11.0. The van der Waals surface area contributed by atoms with Crippen LogP contribution in [0, 0.1) is 6.92 Å². The molecule has 1 amide bonds. The minimum atomic E-state index is -0.136. The molecule has 4 aromatic rings. The van der Waals surface area contributed by atoms with Crippen LogP contribution in [0.2, 0.25) is 0 Å². The Kier molecular flexibility index (Phi) is 6.10. The molecule has 152 valence electrons. The fraction of sp³-hybridized carbons (Fsp3) is 0.143. The molecule has 1 N–H and O–H groups in total. The van der Waals surface area contributed by atoms with Gasteiger partial charge >= 0.3 is 0 Å². The molecule has 9 heteroatoms. The molecule has 2 aromatic heterocycles. The largest absolute Gasteiger partial charge is 0.497 e. The SMILES string of the molecule is COc1ccc(-c2nnc(SCC(=O)Nc3nc(C)cs3)n2-c2ccccc2)cc1. The Labute approximate surface area is 182 Å². The van der Waals surface area contributed by atoms with Crippen molar-refractivity contribution in [2.45, 2.75) is 12.1 Å². The number of para-hydroxylation sites is 1. The molecular formula is C21H19N5O2S2. The van der Waals surface area contributed by atoms with Crippen LogP contribution in [0.25, 0.3) is 17.1 Å². The summed E-state index contributed by atoms with van der Waals surface area (Å²) in [5, 5.41) is 14.7. The van der Waals surface area contributed by atoms with E-state index in [9.17, 15) is 4.79 Å². The Morgan fingerprint density at radius 1 is 1.13 bits per heavy atom. The zero-order valence-electron chi connectivity index (χ0n) is 16.4. The van der Waals surface area contributed by atoms with Gasteiger partial charge in [0, 0.05) is 16.6 Å². The van der Waals surface area contributed by atoms with Crippen LogP contribution < -0.4 is 10.1 Å². The molecule has 30 heavy (non-hydrogen) atoms. The Balaban J connectivity index is 1.59. The second kappa shape index (κ2) is 9.10. The number of rotatable bonds is 7. The fourth-order valence-electron chi connectivity index (χ4n) is 2.80. The number of aromatic nitrogens is 4. The normalized spacial score (nSPS) is 10.7. The maximum Gasteiger partial charge on any atom is 0.236 e. The number of carbonyl (C=O) groups is 1. The van der Waals surface area contributed by atoms with Crippen molar-refractivity contribution >= 4 is 34.1 Å². The van der Waals surface area contributed by atoms with Gasteiger partial charge in [-0.15, -0.1) is 21.5 Å². The predicted octanol–water partition coefficient (Wildman–Crippen LogP) is 4.44. The zero-order valence-corrected chi connectivity index (χ0v) is 18.0. The number of thiazole rings is 1. The summed E-state index contributed by atoms with van der Waals surface area (Å²) in [6, 6.07) is 17.5. The number of ether oxygens (including phenoxy) is 1. The first-order chi connectivity index (χ1) is 14.6. The highest BCUT2D eigenvalue weighted by Gasteiger charge is 2.17. The van der Waals surface area contributed by atoms with Gasteiger partial charge in [0.2, 0.25) is 5.91 Å². The lowest BCUT2D eigenvalue weighted by molar-refractivity contribution is -0.113. The van der Waals surface area contributed by atoms with Crippen LogP contribution in [0.5, 0.6) is 5.75 Å². The third-order valence-corrected chi connectivity index (χ3v) is 6.00. The molecule has 0 fully saturated rings. The van der Waals surface area contributed by atoms with E-state index in [1.54, 1.807) is 7.11 Å². The first-order valence-electron chi connectivity index (χ1n) is 9.14. The van der Waals surface area contributed by atoms with Crippen molar-refractivity contribution in [3.63, 3.8) is 0 Å². The van der Waals surface area contributed by atoms with Gasteiger partial charge in [0.25, 0.3) is 0 Å². The number of amides is 1. The molecule has 2 heterocycles. The standard InChI is InChI=1S/C21H19N5O2S2/c1-14-12-29-20(22-14)23-18(27)13-30-21-25-24-19(15-8-10-17(28-2)11-9-15)26(21)16-6-4-3-5-7-16/h3-12H,13H2,1-2H3,(H,22,23,27). The van der Waals surface area contributed by atoms with Crippen LogP contribution in [0.4, 0.5) is 5.13 Å². The lowest BCUT2D eigenvalue weighted by Crippen LogP contribution is -2.14. The van der Waals surface area contributed by atoms with Gasteiger partial charge in [0.05, 0.1) is 18.6 Å². The Bertz CT molecular complexity index is 1140. The third kappa shape index (κ3) is 4.52. The second-order valence-electron chi connectivity index (χ2n) is 6.34. The average molecular weight is 438 g/mol. The molecule has 2 aromatic carbocycles. The number of hydrogen-bond donors (Lipinski definition) is 1. The summed E-state index contributed by atoms with van der Waals surface area (Å²) >= 11 is 2.74. The quantitative estimate of drug-likeness (QED) is 0.431. The van der Waals surface area contributed by atoms with Crippen LogP contribution in [0.3, 0.4) is 0 Å². The van der Waals surface area contributed by atoms with Crippen LogP contribution >= 0.6 is 23.1 Å². The van der Waals surface area contributed by atoms with Gasteiger partial charge in [-0.25, -0.2) is 4.98 Å². The third-order valence-electron chi connectivity index (χ3n) is 4.19. The highest BCUT2D eigenvalue weighted by Crippen LogP contribution is 2.29. The number of carbonyl (C=O) groups excluding carboxylic acids is 1. The molecule has 0 atom stereocenters. The van der Waals surface area contributed by atoms with Crippen LogP contribution in [0.15, 0.2) is 65.1 Å². The van der Waals surface area contributed by atoms with E-state index >= 15 is 0 Å². The molecule has 0 saturated heterocycles. The molecule has 0 aliphatic heterocycles. The summed E-state index contributed by atoms with van der Waals surface area (Å²) in [6.07, 6.45) is 0. The zero-order chi connectivity index (χ0) is 20.9. The summed E-state index contributed by atoms with van der Waals surface area (Å²) in [4.78, 5) is 16.6. The molecule has 0 unspecified atom stereocenters. The highest BCUT2D eigenvalue weighted by molar-refractivity contribution is 7.99. The average Bonchev–Trinajstić information content (AvgIpc) is 3.39. The molecule has 0 saturated carbocycles. The molecule has 0 spiro atoms. The van der Waals surface area contributed by atoms with Crippen molar-refractivity contribution in [1.29, 1.82) is 0 Å². The monoisotopic (exact) mass is 437 g/mol. The van der Waals surface area contributed by atoms with E-state index in [1.165, 1.54) is 23.1 Å². The Hall–Kier alpha value is -3.17.